The van der Waals surface area contributed by atoms with E-state index in [2.05, 4.69) is 5.32 Å². The quantitative estimate of drug-likeness (QED) is 0.842. The third-order valence-corrected chi connectivity index (χ3v) is 3.13. The molecule has 1 amide bonds. The summed E-state index contributed by atoms with van der Waals surface area (Å²) in [5, 5.41) is 11.8. The van der Waals surface area contributed by atoms with Gasteiger partial charge in [0.25, 0.3) is 0 Å². The van der Waals surface area contributed by atoms with Gasteiger partial charge in [-0.3, -0.25) is 4.79 Å². The van der Waals surface area contributed by atoms with Gasteiger partial charge in [-0.1, -0.05) is 0 Å². The summed E-state index contributed by atoms with van der Waals surface area (Å²) in [7, 11) is 0. The van der Waals surface area contributed by atoms with Crippen LogP contribution in [0.3, 0.4) is 0 Å². The van der Waals surface area contributed by atoms with Crippen molar-refractivity contribution in [1.29, 1.82) is 5.26 Å². The molecule has 0 saturated heterocycles. The number of nitrogens with one attached hydrogen (secondary N) is 1. The largest absolute Gasteiger partial charge is 0.469 e. The van der Waals surface area contributed by atoms with E-state index >= 15 is 0 Å². The van der Waals surface area contributed by atoms with Gasteiger partial charge in [-0.2, -0.15) is 5.26 Å². The molecule has 1 aromatic heterocycles. The second-order valence-electron chi connectivity index (χ2n) is 4.35. The lowest BCUT2D eigenvalue weighted by Crippen LogP contribution is -2.41. The summed E-state index contributed by atoms with van der Waals surface area (Å²) in [6.07, 6.45) is 1.44. The number of ether oxygens (including phenoxy) is 1. The number of carbonyl (C=O) groups is 2. The lowest BCUT2D eigenvalue weighted by atomic mass is 9.80. The predicted octanol–water partition coefficient (Wildman–Crippen LogP) is 1.47. The van der Waals surface area contributed by atoms with Crippen LogP contribution >= 0.6 is 0 Å². The number of nitriles is 1. The second kappa shape index (κ2) is 5.61. The Bertz CT molecular complexity index is 595. The van der Waals surface area contributed by atoms with Gasteiger partial charge in [0.1, 0.15) is 11.7 Å². The molecule has 0 aromatic carbocycles. The summed E-state index contributed by atoms with van der Waals surface area (Å²) in [6.45, 7) is 3.51. The molecule has 1 N–H and O–H groups in total. The molecular formula is C14H14N2O4. The van der Waals surface area contributed by atoms with E-state index in [4.69, 9.17) is 9.15 Å². The normalized spacial score (nSPS) is 22.1. The summed E-state index contributed by atoms with van der Waals surface area (Å²) in [5.41, 5.74) is 0.648. The molecule has 0 radical (unpaired) electrons. The van der Waals surface area contributed by atoms with Crippen molar-refractivity contribution < 1.29 is 18.7 Å². The Kier molecular flexibility index (Phi) is 3.89. The van der Waals surface area contributed by atoms with Gasteiger partial charge in [-0.25, -0.2) is 4.79 Å². The molecule has 0 spiro atoms. The fraction of sp³-hybridized carbons (Fsp3) is 0.357. The zero-order chi connectivity index (χ0) is 14.7. The maximum absolute atomic E-state index is 12.1. The van der Waals surface area contributed by atoms with E-state index in [0.29, 0.717) is 11.5 Å². The first kappa shape index (κ1) is 13.9. The van der Waals surface area contributed by atoms with Crippen LogP contribution in [-0.4, -0.2) is 18.5 Å². The van der Waals surface area contributed by atoms with Crippen molar-refractivity contribution >= 4 is 11.9 Å². The highest BCUT2D eigenvalue weighted by Crippen LogP contribution is 2.37. The van der Waals surface area contributed by atoms with Gasteiger partial charge in [-0.05, 0) is 26.0 Å². The Morgan fingerprint density at radius 1 is 1.60 bits per heavy atom. The molecular weight excluding hydrogens is 260 g/mol. The molecule has 0 saturated carbocycles. The van der Waals surface area contributed by atoms with Gasteiger partial charge >= 0.3 is 5.97 Å². The van der Waals surface area contributed by atoms with E-state index < -0.39 is 23.7 Å². The Hall–Kier alpha value is -2.55. The van der Waals surface area contributed by atoms with Crippen LogP contribution in [0.2, 0.25) is 0 Å². The minimum absolute atomic E-state index is 0.214. The average molecular weight is 274 g/mol. The smallest absolute Gasteiger partial charge is 0.336 e. The van der Waals surface area contributed by atoms with Gasteiger partial charge in [0.2, 0.25) is 5.91 Å². The summed E-state index contributed by atoms with van der Waals surface area (Å²) >= 11 is 0. The summed E-state index contributed by atoms with van der Waals surface area (Å²) < 4.78 is 10.3. The van der Waals surface area contributed by atoms with E-state index in [1.54, 1.807) is 26.0 Å². The van der Waals surface area contributed by atoms with Gasteiger partial charge in [-0.15, -0.1) is 0 Å². The molecule has 0 unspecified atom stereocenters. The Morgan fingerprint density at radius 2 is 2.35 bits per heavy atom. The first-order valence-corrected chi connectivity index (χ1v) is 6.21. The van der Waals surface area contributed by atoms with E-state index in [1.165, 1.54) is 6.26 Å². The minimum atomic E-state index is -1.02. The number of hydrogen-bond acceptors (Lipinski definition) is 5. The molecule has 1 aromatic rings. The zero-order valence-corrected chi connectivity index (χ0v) is 11.2. The maximum Gasteiger partial charge on any atom is 0.336 e. The maximum atomic E-state index is 12.1. The van der Waals surface area contributed by atoms with Crippen molar-refractivity contribution in [2.45, 2.75) is 19.8 Å². The number of nitrogens with zero attached hydrogens (tertiary/aromatic N) is 1. The highest BCUT2D eigenvalue weighted by molar-refractivity contribution is 5.97. The zero-order valence-electron chi connectivity index (χ0n) is 11.2. The fourth-order valence-electron chi connectivity index (χ4n) is 2.28. The lowest BCUT2D eigenvalue weighted by molar-refractivity contribution is -0.139. The summed E-state index contributed by atoms with van der Waals surface area (Å²) in [5.74, 6) is -2.37. The van der Waals surface area contributed by atoms with Crippen LogP contribution < -0.4 is 5.32 Å². The Morgan fingerprint density at radius 3 is 2.90 bits per heavy atom. The van der Waals surface area contributed by atoms with Crippen molar-refractivity contribution in [3.8, 4) is 6.07 Å². The third-order valence-electron chi connectivity index (χ3n) is 3.13. The Balaban J connectivity index is 2.53. The molecule has 2 atom stereocenters. The predicted molar refractivity (Wildman–Crippen MR) is 68.0 cm³/mol. The molecule has 2 heterocycles. The van der Waals surface area contributed by atoms with E-state index in [1.807, 2.05) is 6.07 Å². The van der Waals surface area contributed by atoms with Crippen molar-refractivity contribution in [2.24, 2.45) is 5.92 Å². The molecule has 6 heteroatoms. The van der Waals surface area contributed by atoms with Crippen LogP contribution in [0.15, 0.2) is 34.1 Å². The SMILES string of the molecule is CCOC(=O)C1=C(C)NC(=O)[C@H](C#N)[C@@H]1c1ccco1. The number of hydrogen-bond donors (Lipinski definition) is 1. The van der Waals surface area contributed by atoms with Crippen LogP contribution in [0.5, 0.6) is 0 Å². The second-order valence-corrected chi connectivity index (χ2v) is 4.35. The summed E-state index contributed by atoms with van der Waals surface area (Å²) in [4.78, 5) is 24.0. The van der Waals surface area contributed by atoms with Crippen LogP contribution in [0, 0.1) is 17.2 Å². The van der Waals surface area contributed by atoms with E-state index in [0.717, 1.165) is 0 Å². The van der Waals surface area contributed by atoms with E-state index in [9.17, 15) is 14.9 Å². The van der Waals surface area contributed by atoms with Gasteiger partial charge < -0.3 is 14.5 Å². The standard InChI is InChI=1S/C14H14N2O4/c1-3-19-14(18)11-8(2)16-13(17)9(7-15)12(11)10-5-4-6-20-10/h4-6,9,12H,3H2,1-2H3,(H,16,17)/t9-,12-/m1/s1. The number of carbonyl (C=O) groups excluding carboxylic acids is 2. The first-order valence-electron chi connectivity index (χ1n) is 6.21. The number of rotatable bonds is 3. The van der Waals surface area contributed by atoms with Crippen molar-refractivity contribution in [3.63, 3.8) is 0 Å². The topological polar surface area (TPSA) is 92.3 Å². The molecule has 0 bridgehead atoms. The van der Waals surface area contributed by atoms with E-state index in [-0.39, 0.29) is 12.2 Å². The molecule has 0 fully saturated rings. The lowest BCUT2D eigenvalue weighted by Gasteiger charge is -2.28. The Labute approximate surface area is 116 Å². The fourth-order valence-corrected chi connectivity index (χ4v) is 2.28. The van der Waals surface area contributed by atoms with Crippen molar-refractivity contribution in [1.82, 2.24) is 5.32 Å². The average Bonchev–Trinajstić information content (AvgIpc) is 2.91. The number of esters is 1. The molecule has 1 aliphatic heterocycles. The molecule has 0 aliphatic carbocycles. The van der Waals surface area contributed by atoms with Crippen molar-refractivity contribution in [3.05, 3.63) is 35.4 Å². The minimum Gasteiger partial charge on any atom is -0.469 e. The van der Waals surface area contributed by atoms with Crippen LogP contribution in [0.25, 0.3) is 0 Å². The third kappa shape index (κ3) is 2.30. The summed E-state index contributed by atoms with van der Waals surface area (Å²) in [6, 6.07) is 5.21. The van der Waals surface area contributed by atoms with Gasteiger partial charge in [0.15, 0.2) is 0 Å². The number of amides is 1. The molecule has 6 nitrogen and oxygen atoms in total. The monoisotopic (exact) mass is 274 g/mol. The van der Waals surface area contributed by atoms with Crippen LogP contribution in [0.4, 0.5) is 0 Å². The highest BCUT2D eigenvalue weighted by Gasteiger charge is 2.42. The number of furan rings is 1. The van der Waals surface area contributed by atoms with Crippen LogP contribution in [-0.2, 0) is 14.3 Å². The molecule has 20 heavy (non-hydrogen) atoms. The van der Waals surface area contributed by atoms with Gasteiger partial charge in [0.05, 0.1) is 30.4 Å². The van der Waals surface area contributed by atoms with Crippen LogP contribution in [0.1, 0.15) is 25.5 Å². The highest BCUT2D eigenvalue weighted by atomic mass is 16.5. The van der Waals surface area contributed by atoms with Gasteiger partial charge in [0, 0.05) is 5.70 Å². The molecule has 104 valence electrons. The molecule has 2 rings (SSSR count). The first-order chi connectivity index (χ1) is 9.60. The molecule has 1 aliphatic rings. The van der Waals surface area contributed by atoms with Crippen molar-refractivity contribution in [2.75, 3.05) is 6.61 Å². The number of allylic oxidation sites excluding steroid dienone is 1.